The minimum atomic E-state index is -0.336. The number of hydrogen-bond donors (Lipinski definition) is 2. The summed E-state index contributed by atoms with van der Waals surface area (Å²) in [5, 5.41) is 18.1. The topological polar surface area (TPSA) is 52.9 Å². The molecule has 0 amide bonds. The van der Waals surface area contributed by atoms with Crippen molar-refractivity contribution < 1.29 is 14.9 Å². The van der Waals surface area contributed by atoms with E-state index >= 15 is 0 Å². The van der Waals surface area contributed by atoms with Gasteiger partial charge in [-0.15, -0.1) is 0 Å². The second-order valence-electron chi connectivity index (χ2n) is 3.26. The Hall–Kier alpha value is -0.160. The maximum absolute atomic E-state index is 9.15. The standard InChI is InChI=1S/C8H17NO3/c1-7(11)4-9-2-3-12-6-8(9)5-10/h7-8,10-11H,2-6H2,1H3. The fourth-order valence-electron chi connectivity index (χ4n) is 1.44. The van der Waals surface area contributed by atoms with Crippen LogP contribution in [0, 0.1) is 0 Å². The summed E-state index contributed by atoms with van der Waals surface area (Å²) in [6.07, 6.45) is -0.336. The van der Waals surface area contributed by atoms with E-state index in [-0.39, 0.29) is 18.8 Å². The summed E-state index contributed by atoms with van der Waals surface area (Å²) in [7, 11) is 0. The number of morpholine rings is 1. The summed E-state index contributed by atoms with van der Waals surface area (Å²) < 4.78 is 5.20. The van der Waals surface area contributed by atoms with Crippen LogP contribution in [-0.2, 0) is 4.74 Å². The predicted molar refractivity (Wildman–Crippen MR) is 44.9 cm³/mol. The van der Waals surface area contributed by atoms with E-state index in [2.05, 4.69) is 4.90 Å². The lowest BCUT2D eigenvalue weighted by Crippen LogP contribution is -2.49. The van der Waals surface area contributed by atoms with E-state index in [9.17, 15) is 0 Å². The Morgan fingerprint density at radius 2 is 2.42 bits per heavy atom. The van der Waals surface area contributed by atoms with Crippen molar-refractivity contribution >= 4 is 0 Å². The van der Waals surface area contributed by atoms with Gasteiger partial charge < -0.3 is 14.9 Å². The molecule has 1 heterocycles. The number of β-amino-alcohol motifs (C(OH)–C–C–N with tert-alkyl or cyclic N) is 1. The second kappa shape index (κ2) is 4.77. The van der Waals surface area contributed by atoms with Crippen LogP contribution in [0.3, 0.4) is 0 Å². The summed E-state index contributed by atoms with van der Waals surface area (Å²) in [6, 6.07) is 0.0633. The van der Waals surface area contributed by atoms with E-state index in [1.807, 2.05) is 0 Å². The van der Waals surface area contributed by atoms with E-state index < -0.39 is 0 Å². The molecule has 0 aliphatic carbocycles. The lowest BCUT2D eigenvalue weighted by atomic mass is 10.2. The Morgan fingerprint density at radius 1 is 1.67 bits per heavy atom. The average molecular weight is 175 g/mol. The van der Waals surface area contributed by atoms with Crippen molar-refractivity contribution in [3.8, 4) is 0 Å². The zero-order valence-electron chi connectivity index (χ0n) is 7.44. The molecule has 1 aliphatic rings. The van der Waals surface area contributed by atoms with Gasteiger partial charge in [0, 0.05) is 13.1 Å². The van der Waals surface area contributed by atoms with Gasteiger partial charge in [0.1, 0.15) is 0 Å². The van der Waals surface area contributed by atoms with Crippen molar-refractivity contribution in [2.24, 2.45) is 0 Å². The van der Waals surface area contributed by atoms with Gasteiger partial charge in [0.2, 0.25) is 0 Å². The number of aliphatic hydroxyl groups excluding tert-OH is 2. The summed E-state index contributed by atoms with van der Waals surface area (Å²) in [6.45, 7) is 4.55. The van der Waals surface area contributed by atoms with Crippen LogP contribution in [0.25, 0.3) is 0 Å². The number of nitrogens with zero attached hydrogens (tertiary/aromatic N) is 1. The first kappa shape index (κ1) is 9.92. The molecular formula is C8H17NO3. The molecule has 0 aromatic carbocycles. The van der Waals surface area contributed by atoms with E-state index in [0.717, 1.165) is 6.54 Å². The Kier molecular flexibility index (Phi) is 3.94. The van der Waals surface area contributed by atoms with Crippen LogP contribution in [0.4, 0.5) is 0 Å². The molecule has 4 nitrogen and oxygen atoms in total. The lowest BCUT2D eigenvalue weighted by Gasteiger charge is -2.34. The smallest absolute Gasteiger partial charge is 0.0644 e. The minimum Gasteiger partial charge on any atom is -0.395 e. The highest BCUT2D eigenvalue weighted by Gasteiger charge is 2.22. The van der Waals surface area contributed by atoms with Crippen LogP contribution >= 0.6 is 0 Å². The number of aliphatic hydroxyl groups is 2. The van der Waals surface area contributed by atoms with E-state index in [0.29, 0.717) is 19.8 Å². The maximum atomic E-state index is 9.15. The van der Waals surface area contributed by atoms with Gasteiger partial charge in [0.05, 0.1) is 32.0 Å². The molecule has 2 N–H and O–H groups in total. The minimum absolute atomic E-state index is 0.0633. The third kappa shape index (κ3) is 2.71. The van der Waals surface area contributed by atoms with Gasteiger partial charge in [-0.1, -0.05) is 0 Å². The van der Waals surface area contributed by atoms with Gasteiger partial charge in [-0.05, 0) is 6.92 Å². The largest absolute Gasteiger partial charge is 0.395 e. The zero-order chi connectivity index (χ0) is 8.97. The van der Waals surface area contributed by atoms with Crippen molar-refractivity contribution in [3.05, 3.63) is 0 Å². The van der Waals surface area contributed by atoms with E-state index in [1.165, 1.54) is 0 Å². The van der Waals surface area contributed by atoms with E-state index in [4.69, 9.17) is 14.9 Å². The van der Waals surface area contributed by atoms with Crippen LogP contribution in [0.2, 0.25) is 0 Å². The molecule has 0 radical (unpaired) electrons. The van der Waals surface area contributed by atoms with Crippen molar-refractivity contribution in [3.63, 3.8) is 0 Å². The first-order valence-corrected chi connectivity index (χ1v) is 4.34. The summed E-state index contributed by atoms with van der Waals surface area (Å²) in [5.41, 5.74) is 0. The van der Waals surface area contributed by atoms with Crippen molar-refractivity contribution in [1.82, 2.24) is 4.90 Å². The van der Waals surface area contributed by atoms with Gasteiger partial charge >= 0.3 is 0 Å². The molecule has 1 rings (SSSR count). The maximum Gasteiger partial charge on any atom is 0.0644 e. The molecule has 1 saturated heterocycles. The third-order valence-corrected chi connectivity index (χ3v) is 2.06. The van der Waals surface area contributed by atoms with Crippen LogP contribution in [0.15, 0.2) is 0 Å². The molecular weight excluding hydrogens is 158 g/mol. The highest BCUT2D eigenvalue weighted by atomic mass is 16.5. The molecule has 0 aromatic heterocycles. The average Bonchev–Trinajstić information content (AvgIpc) is 2.04. The molecule has 1 fully saturated rings. The summed E-state index contributed by atoms with van der Waals surface area (Å²) in [4.78, 5) is 2.06. The predicted octanol–water partition coefficient (Wildman–Crippen LogP) is -0.940. The third-order valence-electron chi connectivity index (χ3n) is 2.06. The van der Waals surface area contributed by atoms with Crippen LogP contribution in [-0.4, -0.2) is 60.2 Å². The number of hydrogen-bond acceptors (Lipinski definition) is 4. The van der Waals surface area contributed by atoms with Gasteiger partial charge in [-0.3, -0.25) is 4.90 Å². The summed E-state index contributed by atoms with van der Waals surface area (Å²) >= 11 is 0. The highest BCUT2D eigenvalue weighted by molar-refractivity contribution is 4.75. The fraction of sp³-hybridized carbons (Fsp3) is 1.00. The molecule has 0 spiro atoms. The first-order chi connectivity index (χ1) is 5.74. The number of rotatable bonds is 3. The SMILES string of the molecule is CC(O)CN1CCOCC1CO. The molecule has 2 atom stereocenters. The first-order valence-electron chi connectivity index (χ1n) is 4.34. The van der Waals surface area contributed by atoms with Gasteiger partial charge in [-0.2, -0.15) is 0 Å². The molecule has 0 saturated carbocycles. The van der Waals surface area contributed by atoms with Crippen LogP contribution < -0.4 is 0 Å². The molecule has 0 bridgehead atoms. The van der Waals surface area contributed by atoms with Crippen LogP contribution in [0.1, 0.15) is 6.92 Å². The Bertz CT molecular complexity index is 129. The normalized spacial score (nSPS) is 28.8. The van der Waals surface area contributed by atoms with Crippen LogP contribution in [0.5, 0.6) is 0 Å². The van der Waals surface area contributed by atoms with Crippen molar-refractivity contribution in [1.29, 1.82) is 0 Å². The zero-order valence-corrected chi connectivity index (χ0v) is 7.44. The quantitative estimate of drug-likeness (QED) is 0.581. The molecule has 4 heteroatoms. The molecule has 12 heavy (non-hydrogen) atoms. The van der Waals surface area contributed by atoms with Crippen molar-refractivity contribution in [2.75, 3.05) is 32.9 Å². The highest BCUT2D eigenvalue weighted by Crippen LogP contribution is 2.06. The van der Waals surface area contributed by atoms with Crippen molar-refractivity contribution in [2.45, 2.75) is 19.1 Å². The Labute approximate surface area is 72.7 Å². The fourth-order valence-corrected chi connectivity index (χ4v) is 1.44. The molecule has 72 valence electrons. The Balaban J connectivity index is 2.36. The van der Waals surface area contributed by atoms with Gasteiger partial charge in [-0.25, -0.2) is 0 Å². The number of ether oxygens (including phenoxy) is 1. The molecule has 1 aliphatic heterocycles. The van der Waals surface area contributed by atoms with E-state index in [1.54, 1.807) is 6.92 Å². The summed E-state index contributed by atoms with van der Waals surface area (Å²) in [5.74, 6) is 0. The second-order valence-corrected chi connectivity index (χ2v) is 3.26. The molecule has 0 aromatic rings. The lowest BCUT2D eigenvalue weighted by molar-refractivity contribution is -0.0411. The van der Waals surface area contributed by atoms with Gasteiger partial charge in [0.25, 0.3) is 0 Å². The molecule has 2 unspecified atom stereocenters. The van der Waals surface area contributed by atoms with Gasteiger partial charge in [0.15, 0.2) is 0 Å². The Morgan fingerprint density at radius 3 is 3.00 bits per heavy atom. The monoisotopic (exact) mass is 175 g/mol.